The van der Waals surface area contributed by atoms with Crippen LogP contribution in [-0.4, -0.2) is 42.6 Å². The summed E-state index contributed by atoms with van der Waals surface area (Å²) in [6, 6.07) is -0.208. The van der Waals surface area contributed by atoms with Crippen molar-refractivity contribution < 1.29 is 9.53 Å². The lowest BCUT2D eigenvalue weighted by atomic mass is 9.84. The number of amides is 2. The molecule has 96 valence electrons. The average molecular weight is 239 g/mol. The molecule has 0 aromatic rings. The Bertz CT molecular complexity index is 350. The van der Waals surface area contributed by atoms with E-state index in [0.29, 0.717) is 18.4 Å². The number of hydrogen-bond donors (Lipinski definition) is 1. The van der Waals surface area contributed by atoms with E-state index in [2.05, 4.69) is 18.8 Å². The maximum absolute atomic E-state index is 11.9. The second kappa shape index (κ2) is 4.29. The number of aliphatic imine (C=N–C) groups is 1. The predicted molar refractivity (Wildman–Crippen MR) is 65.9 cm³/mol. The molecule has 2 rings (SSSR count). The zero-order chi connectivity index (χ0) is 12.6. The number of amidine groups is 1. The quantitative estimate of drug-likeness (QED) is 0.784. The minimum atomic E-state index is -0.547. The molecule has 0 aromatic carbocycles. The van der Waals surface area contributed by atoms with E-state index in [4.69, 9.17) is 10.5 Å². The molecule has 0 spiro atoms. The largest absolute Gasteiger partial charge is 0.385 e. The van der Waals surface area contributed by atoms with Crippen molar-refractivity contribution in [3.63, 3.8) is 0 Å². The summed E-state index contributed by atoms with van der Waals surface area (Å²) >= 11 is 0. The fraction of sp³-hybridized carbons (Fsp3) is 0.833. The van der Waals surface area contributed by atoms with Gasteiger partial charge in [0, 0.05) is 13.7 Å². The standard InChI is InChI=1S/C12H21N3O2/c1-8(2)12(7-17-3)10(13)14-11(16)15(12)6-9-4-5-9/h8-9H,4-7H2,1-3H3,(H2,13,14,16). The Morgan fingerprint density at radius 1 is 1.59 bits per heavy atom. The molecule has 2 aliphatic rings. The summed E-state index contributed by atoms with van der Waals surface area (Å²) in [5.41, 5.74) is 5.44. The van der Waals surface area contributed by atoms with Crippen LogP contribution in [-0.2, 0) is 4.74 Å². The highest BCUT2D eigenvalue weighted by Crippen LogP contribution is 2.37. The van der Waals surface area contributed by atoms with Crippen molar-refractivity contribution in [2.45, 2.75) is 32.2 Å². The van der Waals surface area contributed by atoms with Gasteiger partial charge in [-0.15, -0.1) is 0 Å². The highest BCUT2D eigenvalue weighted by molar-refractivity contribution is 6.06. The van der Waals surface area contributed by atoms with Crippen LogP contribution in [0.5, 0.6) is 0 Å². The van der Waals surface area contributed by atoms with E-state index in [0.717, 1.165) is 6.54 Å². The molecule has 5 heteroatoms. The van der Waals surface area contributed by atoms with Gasteiger partial charge < -0.3 is 15.4 Å². The monoisotopic (exact) mass is 239 g/mol. The number of rotatable bonds is 5. The number of carbonyl (C=O) groups excluding carboxylic acids is 1. The molecular formula is C12H21N3O2. The Morgan fingerprint density at radius 3 is 2.71 bits per heavy atom. The van der Waals surface area contributed by atoms with Crippen molar-refractivity contribution >= 4 is 11.9 Å². The Labute approximate surface area is 102 Å². The van der Waals surface area contributed by atoms with Gasteiger partial charge >= 0.3 is 6.03 Å². The lowest BCUT2D eigenvalue weighted by molar-refractivity contribution is 0.0535. The Hall–Kier alpha value is -1.10. The van der Waals surface area contributed by atoms with Crippen LogP contribution in [0.2, 0.25) is 0 Å². The van der Waals surface area contributed by atoms with Gasteiger partial charge in [0.25, 0.3) is 0 Å². The molecule has 0 aromatic heterocycles. The number of carbonyl (C=O) groups is 1. The van der Waals surface area contributed by atoms with Crippen LogP contribution in [0.15, 0.2) is 4.99 Å². The van der Waals surface area contributed by atoms with Gasteiger partial charge in [0.05, 0.1) is 6.61 Å². The molecule has 1 atom stereocenters. The first-order chi connectivity index (χ1) is 8.02. The first kappa shape index (κ1) is 12.4. The van der Waals surface area contributed by atoms with E-state index in [1.54, 1.807) is 7.11 Å². The zero-order valence-electron chi connectivity index (χ0n) is 10.8. The summed E-state index contributed by atoms with van der Waals surface area (Å²) in [5.74, 6) is 1.21. The number of nitrogens with two attached hydrogens (primary N) is 1. The van der Waals surface area contributed by atoms with Gasteiger partial charge in [-0.3, -0.25) is 0 Å². The minimum absolute atomic E-state index is 0.191. The van der Waals surface area contributed by atoms with Crippen LogP contribution in [0, 0.1) is 11.8 Å². The van der Waals surface area contributed by atoms with E-state index in [-0.39, 0.29) is 11.9 Å². The number of urea groups is 1. The van der Waals surface area contributed by atoms with Crippen LogP contribution in [0.4, 0.5) is 4.79 Å². The fourth-order valence-corrected chi connectivity index (χ4v) is 2.51. The third-order valence-corrected chi connectivity index (χ3v) is 3.83. The molecule has 2 amide bonds. The molecule has 2 N–H and O–H groups in total. The number of ether oxygens (including phenoxy) is 1. The van der Waals surface area contributed by atoms with Crippen molar-refractivity contribution in [1.82, 2.24) is 4.90 Å². The van der Waals surface area contributed by atoms with Crippen LogP contribution in [0.3, 0.4) is 0 Å². The van der Waals surface area contributed by atoms with Gasteiger partial charge in [-0.2, -0.15) is 4.99 Å². The van der Waals surface area contributed by atoms with E-state index >= 15 is 0 Å². The molecule has 1 aliphatic carbocycles. The summed E-state index contributed by atoms with van der Waals surface area (Å²) in [7, 11) is 1.63. The summed E-state index contributed by atoms with van der Waals surface area (Å²) < 4.78 is 5.29. The molecular weight excluding hydrogens is 218 g/mol. The Morgan fingerprint density at radius 2 is 2.24 bits per heavy atom. The average Bonchev–Trinajstić information content (AvgIpc) is 3.01. The molecule has 0 bridgehead atoms. The van der Waals surface area contributed by atoms with E-state index in [9.17, 15) is 4.79 Å². The maximum atomic E-state index is 11.9. The zero-order valence-corrected chi connectivity index (χ0v) is 10.8. The Balaban J connectivity index is 2.29. The van der Waals surface area contributed by atoms with Gasteiger partial charge in [-0.05, 0) is 24.7 Å². The van der Waals surface area contributed by atoms with E-state index in [1.165, 1.54) is 12.8 Å². The smallest absolute Gasteiger partial charge is 0.346 e. The first-order valence-electron chi connectivity index (χ1n) is 6.17. The fourth-order valence-electron chi connectivity index (χ4n) is 2.51. The molecule has 17 heavy (non-hydrogen) atoms. The topological polar surface area (TPSA) is 67.9 Å². The molecule has 1 heterocycles. The second-order valence-electron chi connectivity index (χ2n) is 5.35. The third-order valence-electron chi connectivity index (χ3n) is 3.83. The van der Waals surface area contributed by atoms with Crippen molar-refractivity contribution in [3.05, 3.63) is 0 Å². The van der Waals surface area contributed by atoms with Crippen LogP contribution in [0.1, 0.15) is 26.7 Å². The molecule has 0 saturated heterocycles. The van der Waals surface area contributed by atoms with E-state index in [1.807, 2.05) is 4.90 Å². The van der Waals surface area contributed by atoms with E-state index < -0.39 is 5.54 Å². The van der Waals surface area contributed by atoms with Crippen molar-refractivity contribution in [2.24, 2.45) is 22.6 Å². The van der Waals surface area contributed by atoms with Gasteiger partial charge in [0.1, 0.15) is 11.4 Å². The molecule has 5 nitrogen and oxygen atoms in total. The third kappa shape index (κ3) is 1.92. The molecule has 1 saturated carbocycles. The normalized spacial score (nSPS) is 29.1. The first-order valence-corrected chi connectivity index (χ1v) is 6.17. The number of hydrogen-bond acceptors (Lipinski definition) is 3. The molecule has 1 unspecified atom stereocenters. The van der Waals surface area contributed by atoms with Crippen LogP contribution < -0.4 is 5.73 Å². The minimum Gasteiger partial charge on any atom is -0.385 e. The van der Waals surface area contributed by atoms with Crippen LogP contribution >= 0.6 is 0 Å². The second-order valence-corrected chi connectivity index (χ2v) is 5.35. The highest BCUT2D eigenvalue weighted by atomic mass is 16.5. The van der Waals surface area contributed by atoms with Crippen molar-refractivity contribution in [3.8, 4) is 0 Å². The molecule has 1 fully saturated rings. The summed E-state index contributed by atoms with van der Waals surface area (Å²) in [6.07, 6.45) is 2.40. The van der Waals surface area contributed by atoms with Gasteiger partial charge in [0.15, 0.2) is 0 Å². The van der Waals surface area contributed by atoms with Gasteiger partial charge in [-0.1, -0.05) is 13.8 Å². The van der Waals surface area contributed by atoms with Gasteiger partial charge in [0.2, 0.25) is 0 Å². The van der Waals surface area contributed by atoms with Gasteiger partial charge in [-0.25, -0.2) is 4.79 Å². The lowest BCUT2D eigenvalue weighted by Gasteiger charge is -2.40. The summed E-state index contributed by atoms with van der Waals surface area (Å²) in [6.45, 7) is 5.28. The van der Waals surface area contributed by atoms with Crippen molar-refractivity contribution in [1.29, 1.82) is 0 Å². The Kier molecular flexibility index (Phi) is 3.12. The molecule has 0 radical (unpaired) electrons. The predicted octanol–water partition coefficient (Wildman–Crippen LogP) is 1.23. The summed E-state index contributed by atoms with van der Waals surface area (Å²) in [4.78, 5) is 17.7. The van der Waals surface area contributed by atoms with Crippen LogP contribution in [0.25, 0.3) is 0 Å². The lowest BCUT2D eigenvalue weighted by Crippen LogP contribution is -2.61. The summed E-state index contributed by atoms with van der Waals surface area (Å²) in [5, 5.41) is 0. The number of methoxy groups -OCH3 is 1. The SMILES string of the molecule is COCC1(C(C)C)C(N)=NC(=O)N1CC1CC1. The maximum Gasteiger partial charge on any atom is 0.346 e. The highest BCUT2D eigenvalue weighted by Gasteiger charge is 2.52. The molecule has 1 aliphatic heterocycles. The number of nitrogens with zero attached hydrogens (tertiary/aromatic N) is 2. The van der Waals surface area contributed by atoms with Crippen molar-refractivity contribution in [2.75, 3.05) is 20.3 Å².